The Balaban J connectivity index is 0.00000145. The molecule has 0 bridgehead atoms. The largest absolute Gasteiger partial charge is 0.496 e. The summed E-state index contributed by atoms with van der Waals surface area (Å²) in [7, 11) is 1.63. The van der Waals surface area contributed by atoms with Crippen molar-refractivity contribution in [1.29, 1.82) is 5.26 Å². The van der Waals surface area contributed by atoms with Crippen molar-refractivity contribution in [3.05, 3.63) is 78.1 Å². The van der Waals surface area contributed by atoms with Crippen LogP contribution in [0.5, 0.6) is 11.5 Å². The van der Waals surface area contributed by atoms with Crippen molar-refractivity contribution in [3.63, 3.8) is 0 Å². The van der Waals surface area contributed by atoms with Crippen molar-refractivity contribution in [2.75, 3.05) is 13.7 Å². The van der Waals surface area contributed by atoms with Gasteiger partial charge in [-0.3, -0.25) is 4.98 Å². The molecular formula is C25H24N2O2. The predicted octanol–water partition coefficient (Wildman–Crippen LogP) is 5.28. The second kappa shape index (κ2) is 11.8. The van der Waals surface area contributed by atoms with Crippen LogP contribution < -0.4 is 9.47 Å². The van der Waals surface area contributed by atoms with Crippen LogP contribution in [0.3, 0.4) is 0 Å². The minimum atomic E-state index is 0.611. The van der Waals surface area contributed by atoms with Crippen LogP contribution in [0.4, 0.5) is 0 Å². The van der Waals surface area contributed by atoms with Gasteiger partial charge in [-0.1, -0.05) is 18.2 Å². The van der Waals surface area contributed by atoms with Crippen molar-refractivity contribution >= 4 is 0 Å². The normalized spacial score (nSPS) is 9.59. The van der Waals surface area contributed by atoms with Gasteiger partial charge in [-0.05, 0) is 66.8 Å². The molecule has 0 N–H and O–H groups in total. The Morgan fingerprint density at radius 1 is 1.03 bits per heavy atom. The molecule has 3 rings (SSSR count). The fourth-order valence-electron chi connectivity index (χ4n) is 2.90. The maximum atomic E-state index is 9.12. The average Bonchev–Trinajstić information content (AvgIpc) is 2.81. The number of unbranched alkanes of at least 4 members (excludes halogenated alkanes) is 1. The second-order valence-electron chi connectivity index (χ2n) is 6.22. The van der Waals surface area contributed by atoms with E-state index >= 15 is 0 Å². The van der Waals surface area contributed by atoms with E-state index in [0.29, 0.717) is 12.2 Å². The van der Waals surface area contributed by atoms with E-state index in [1.54, 1.807) is 19.4 Å². The molecule has 2 aromatic carbocycles. The molecule has 0 aliphatic carbocycles. The minimum Gasteiger partial charge on any atom is -0.496 e. The summed E-state index contributed by atoms with van der Waals surface area (Å²) < 4.78 is 11.2. The van der Waals surface area contributed by atoms with Crippen LogP contribution >= 0.6 is 0 Å². The van der Waals surface area contributed by atoms with E-state index in [2.05, 4.69) is 30.0 Å². The van der Waals surface area contributed by atoms with Gasteiger partial charge in [0.2, 0.25) is 0 Å². The first-order valence-corrected chi connectivity index (χ1v) is 9.34. The number of benzene rings is 2. The van der Waals surface area contributed by atoms with Crippen molar-refractivity contribution in [3.8, 4) is 41.5 Å². The molecule has 0 amide bonds. The Labute approximate surface area is 172 Å². The van der Waals surface area contributed by atoms with Crippen LogP contribution in [-0.2, 0) is 6.42 Å². The van der Waals surface area contributed by atoms with Gasteiger partial charge in [0.05, 0.1) is 25.3 Å². The molecule has 29 heavy (non-hydrogen) atoms. The number of nitriles is 1. The van der Waals surface area contributed by atoms with Gasteiger partial charge in [-0.2, -0.15) is 5.26 Å². The van der Waals surface area contributed by atoms with E-state index in [-0.39, 0.29) is 0 Å². The van der Waals surface area contributed by atoms with Gasteiger partial charge in [0.1, 0.15) is 11.5 Å². The predicted molar refractivity (Wildman–Crippen MR) is 116 cm³/mol. The molecule has 0 radical (unpaired) electrons. The van der Waals surface area contributed by atoms with Crippen LogP contribution in [0.25, 0.3) is 11.1 Å². The number of terminal acetylenes is 1. The maximum absolute atomic E-state index is 9.12. The first kappa shape index (κ1) is 21.5. The molecule has 4 heteroatoms. The summed E-state index contributed by atoms with van der Waals surface area (Å²) in [6.07, 6.45) is 14.8. The molecule has 146 valence electrons. The number of aryl methyl sites for hydroxylation is 1. The fraction of sp³-hybridized carbons (Fsp3) is 0.200. The molecule has 0 unspecified atom stereocenters. The lowest BCUT2D eigenvalue weighted by Gasteiger charge is -2.11. The summed E-state index contributed by atoms with van der Waals surface area (Å²) in [6, 6.07) is 19.5. The van der Waals surface area contributed by atoms with E-state index in [9.17, 15) is 0 Å². The van der Waals surface area contributed by atoms with Crippen LogP contribution in [-0.4, -0.2) is 18.7 Å². The first-order chi connectivity index (χ1) is 14.3. The number of methoxy groups -OCH3 is 1. The lowest BCUT2D eigenvalue weighted by atomic mass is 10.0. The highest BCUT2D eigenvalue weighted by molar-refractivity contribution is 5.72. The zero-order valence-electron chi connectivity index (χ0n) is 16.5. The van der Waals surface area contributed by atoms with Gasteiger partial charge in [-0.15, -0.1) is 12.8 Å². The zero-order valence-corrected chi connectivity index (χ0v) is 16.5. The van der Waals surface area contributed by atoms with Gasteiger partial charge in [0.15, 0.2) is 0 Å². The Bertz CT molecular complexity index is 942. The van der Waals surface area contributed by atoms with E-state index in [4.69, 9.17) is 14.7 Å². The van der Waals surface area contributed by atoms with Gasteiger partial charge < -0.3 is 9.47 Å². The van der Waals surface area contributed by atoms with Crippen molar-refractivity contribution < 1.29 is 9.47 Å². The number of aromatic nitrogens is 1. The van der Waals surface area contributed by atoms with E-state index in [1.807, 2.05) is 48.7 Å². The SMILES string of the molecule is C#C.COc1ccc(C#N)cc1-c1ccc(OCCCCc2cccnc2)cc1. The van der Waals surface area contributed by atoms with Crippen molar-refractivity contribution in [1.82, 2.24) is 4.98 Å². The molecule has 0 aliphatic rings. The first-order valence-electron chi connectivity index (χ1n) is 9.34. The molecule has 1 aromatic heterocycles. The van der Waals surface area contributed by atoms with E-state index < -0.39 is 0 Å². The number of hydrogen-bond donors (Lipinski definition) is 0. The van der Waals surface area contributed by atoms with Gasteiger partial charge in [-0.25, -0.2) is 0 Å². The summed E-state index contributed by atoms with van der Waals surface area (Å²) in [5.74, 6) is 1.59. The lowest BCUT2D eigenvalue weighted by Crippen LogP contribution is -1.98. The van der Waals surface area contributed by atoms with Gasteiger partial charge in [0.25, 0.3) is 0 Å². The molecule has 0 saturated carbocycles. The number of nitrogens with zero attached hydrogens (tertiary/aromatic N) is 2. The quantitative estimate of drug-likeness (QED) is 0.392. The zero-order chi connectivity index (χ0) is 20.9. The maximum Gasteiger partial charge on any atom is 0.126 e. The summed E-state index contributed by atoms with van der Waals surface area (Å²) in [5.41, 5.74) is 3.77. The van der Waals surface area contributed by atoms with Crippen LogP contribution in [0.15, 0.2) is 67.0 Å². The molecule has 4 nitrogen and oxygen atoms in total. The molecule has 3 aromatic rings. The smallest absolute Gasteiger partial charge is 0.126 e. The minimum absolute atomic E-state index is 0.611. The van der Waals surface area contributed by atoms with Crippen molar-refractivity contribution in [2.24, 2.45) is 0 Å². The fourth-order valence-corrected chi connectivity index (χ4v) is 2.90. The molecular weight excluding hydrogens is 360 g/mol. The monoisotopic (exact) mass is 384 g/mol. The van der Waals surface area contributed by atoms with E-state index in [1.165, 1.54) is 5.56 Å². The number of pyridine rings is 1. The average molecular weight is 384 g/mol. The molecule has 0 aliphatic heterocycles. The van der Waals surface area contributed by atoms with Gasteiger partial charge in [0, 0.05) is 18.0 Å². The summed E-state index contributed by atoms with van der Waals surface area (Å²) >= 11 is 0. The van der Waals surface area contributed by atoms with E-state index in [0.717, 1.165) is 41.9 Å². The lowest BCUT2D eigenvalue weighted by molar-refractivity contribution is 0.307. The standard InChI is InChI=1S/C23H22N2O2.C2H2/c1-26-23-12-7-19(16-24)15-22(23)20-8-10-21(11-9-20)27-14-3-2-5-18-6-4-13-25-17-18;1-2/h4,6-13,15,17H,2-3,5,14H2,1H3;1-2H. The van der Waals surface area contributed by atoms with Crippen LogP contribution in [0.2, 0.25) is 0 Å². The Hall–Kier alpha value is -3.76. The second-order valence-corrected chi connectivity index (χ2v) is 6.22. The Morgan fingerprint density at radius 2 is 1.83 bits per heavy atom. The topological polar surface area (TPSA) is 55.1 Å². The van der Waals surface area contributed by atoms with Crippen molar-refractivity contribution in [2.45, 2.75) is 19.3 Å². The highest BCUT2D eigenvalue weighted by atomic mass is 16.5. The number of ether oxygens (including phenoxy) is 2. The number of rotatable bonds is 8. The third-order valence-corrected chi connectivity index (χ3v) is 4.35. The molecule has 0 fully saturated rings. The molecule has 0 spiro atoms. The Morgan fingerprint density at radius 3 is 2.48 bits per heavy atom. The molecule has 0 atom stereocenters. The highest BCUT2D eigenvalue weighted by Crippen LogP contribution is 2.31. The summed E-state index contributed by atoms with van der Waals surface area (Å²) in [5, 5.41) is 9.12. The molecule has 0 saturated heterocycles. The van der Waals surface area contributed by atoms with Gasteiger partial charge >= 0.3 is 0 Å². The third kappa shape index (κ3) is 6.41. The molecule has 1 heterocycles. The number of hydrogen-bond acceptors (Lipinski definition) is 4. The van der Waals surface area contributed by atoms with Crippen LogP contribution in [0.1, 0.15) is 24.0 Å². The summed E-state index contributed by atoms with van der Waals surface area (Å²) in [6.45, 7) is 0.687. The Kier molecular flexibility index (Phi) is 8.80. The summed E-state index contributed by atoms with van der Waals surface area (Å²) in [4.78, 5) is 4.13. The highest BCUT2D eigenvalue weighted by Gasteiger charge is 2.07. The van der Waals surface area contributed by atoms with Crippen LogP contribution in [0, 0.1) is 24.2 Å². The third-order valence-electron chi connectivity index (χ3n) is 4.35.